The van der Waals surface area contributed by atoms with Crippen LogP contribution in [0.25, 0.3) is 6.08 Å². The summed E-state index contributed by atoms with van der Waals surface area (Å²) in [5.41, 5.74) is 0.0672. The van der Waals surface area contributed by atoms with Crippen molar-refractivity contribution in [2.45, 2.75) is 0 Å². The van der Waals surface area contributed by atoms with Crippen LogP contribution in [0.5, 0.6) is 5.75 Å². The molecule has 4 heteroatoms. The summed E-state index contributed by atoms with van der Waals surface area (Å²) >= 11 is 0. The zero-order valence-corrected chi connectivity index (χ0v) is 6.19. The minimum atomic E-state index is -1.25. The molecule has 1 aromatic heterocycles. The highest BCUT2D eigenvalue weighted by atomic mass is 16.4. The molecule has 0 aliphatic carbocycles. The first kappa shape index (κ1) is 8.26. The Morgan fingerprint density at radius 2 is 2.25 bits per heavy atom. The summed E-state index contributed by atoms with van der Waals surface area (Å²) in [6, 6.07) is 2.75. The second-order valence-corrected chi connectivity index (χ2v) is 2.11. The summed E-state index contributed by atoms with van der Waals surface area (Å²) in [6.45, 7) is 3.42. The molecular weight excluding hydrogens is 158 g/mol. The molecule has 62 valence electrons. The molecule has 0 aliphatic heterocycles. The van der Waals surface area contributed by atoms with E-state index in [9.17, 15) is 4.79 Å². The van der Waals surface area contributed by atoms with Gasteiger partial charge in [0.2, 0.25) is 0 Å². The van der Waals surface area contributed by atoms with Gasteiger partial charge in [-0.25, -0.2) is 9.78 Å². The minimum absolute atomic E-state index is 0.340. The Hall–Kier alpha value is -1.84. The molecule has 0 spiro atoms. The van der Waals surface area contributed by atoms with Crippen molar-refractivity contribution in [1.82, 2.24) is 4.98 Å². The molecule has 0 saturated heterocycles. The first-order valence-corrected chi connectivity index (χ1v) is 3.21. The third-order valence-corrected chi connectivity index (χ3v) is 1.31. The van der Waals surface area contributed by atoms with Crippen LogP contribution in [0.3, 0.4) is 0 Å². The third-order valence-electron chi connectivity index (χ3n) is 1.31. The topological polar surface area (TPSA) is 70.4 Å². The first-order valence-electron chi connectivity index (χ1n) is 3.21. The number of carboxylic acid groups (broad SMARTS) is 1. The predicted molar refractivity (Wildman–Crippen MR) is 43.0 cm³/mol. The number of aromatic nitrogens is 1. The van der Waals surface area contributed by atoms with Crippen molar-refractivity contribution in [2.75, 3.05) is 0 Å². The molecule has 4 nitrogen and oxygen atoms in total. The lowest BCUT2D eigenvalue weighted by Gasteiger charge is -1.98. The second-order valence-electron chi connectivity index (χ2n) is 2.11. The van der Waals surface area contributed by atoms with Crippen LogP contribution >= 0.6 is 0 Å². The molecule has 0 saturated carbocycles. The Labute approximate surface area is 68.8 Å². The highest BCUT2D eigenvalue weighted by Gasteiger charge is 2.10. The highest BCUT2D eigenvalue weighted by Crippen LogP contribution is 2.14. The SMILES string of the molecule is C=Cc1ccc(O)c(C(=O)O)n1. The lowest BCUT2D eigenvalue weighted by atomic mass is 10.3. The quantitative estimate of drug-likeness (QED) is 0.689. The molecule has 0 bridgehead atoms. The van der Waals surface area contributed by atoms with Gasteiger partial charge in [0.15, 0.2) is 5.69 Å². The minimum Gasteiger partial charge on any atom is -0.505 e. The van der Waals surface area contributed by atoms with Gasteiger partial charge >= 0.3 is 5.97 Å². The third kappa shape index (κ3) is 1.42. The number of aromatic carboxylic acids is 1. The van der Waals surface area contributed by atoms with E-state index in [0.717, 1.165) is 0 Å². The monoisotopic (exact) mass is 165 g/mol. The maximum Gasteiger partial charge on any atom is 0.358 e. The van der Waals surface area contributed by atoms with Gasteiger partial charge in [0.1, 0.15) is 5.75 Å². The lowest BCUT2D eigenvalue weighted by molar-refractivity contribution is 0.0687. The number of hydrogen-bond donors (Lipinski definition) is 2. The van der Waals surface area contributed by atoms with Gasteiger partial charge in [0, 0.05) is 0 Å². The number of carboxylic acids is 1. The van der Waals surface area contributed by atoms with Crippen LogP contribution in [0.2, 0.25) is 0 Å². The van der Waals surface area contributed by atoms with Crippen LogP contribution in [-0.4, -0.2) is 21.2 Å². The largest absolute Gasteiger partial charge is 0.505 e. The summed E-state index contributed by atoms with van der Waals surface area (Å²) in [4.78, 5) is 14.1. The van der Waals surface area contributed by atoms with E-state index in [2.05, 4.69) is 11.6 Å². The van der Waals surface area contributed by atoms with Crippen molar-refractivity contribution >= 4 is 12.0 Å². The number of nitrogens with zero attached hydrogens (tertiary/aromatic N) is 1. The fourth-order valence-corrected chi connectivity index (χ4v) is 0.738. The molecule has 0 radical (unpaired) electrons. The van der Waals surface area contributed by atoms with Gasteiger partial charge in [-0.05, 0) is 18.2 Å². The Bertz CT molecular complexity index is 333. The molecule has 1 aromatic rings. The van der Waals surface area contributed by atoms with Gasteiger partial charge in [0.05, 0.1) is 5.69 Å². The highest BCUT2D eigenvalue weighted by molar-refractivity contribution is 5.88. The summed E-state index contributed by atoms with van der Waals surface area (Å²) < 4.78 is 0. The molecule has 0 atom stereocenters. The molecule has 12 heavy (non-hydrogen) atoms. The van der Waals surface area contributed by atoms with Gasteiger partial charge in [-0.1, -0.05) is 6.58 Å². The average molecular weight is 165 g/mol. The molecular formula is C8H7NO3. The van der Waals surface area contributed by atoms with Crippen molar-refractivity contribution < 1.29 is 15.0 Å². The first-order chi connectivity index (χ1) is 5.65. The molecule has 2 N–H and O–H groups in total. The summed E-state index contributed by atoms with van der Waals surface area (Å²) in [6.07, 6.45) is 1.41. The maximum absolute atomic E-state index is 10.4. The van der Waals surface area contributed by atoms with Crippen molar-refractivity contribution in [3.8, 4) is 5.75 Å². The van der Waals surface area contributed by atoms with Crippen molar-refractivity contribution in [2.24, 2.45) is 0 Å². The molecule has 0 amide bonds. The van der Waals surface area contributed by atoms with E-state index in [1.54, 1.807) is 0 Å². The average Bonchev–Trinajstić information content (AvgIpc) is 2.05. The van der Waals surface area contributed by atoms with Gasteiger partial charge in [-0.2, -0.15) is 0 Å². The number of pyridine rings is 1. The molecule has 0 unspecified atom stereocenters. The molecule has 0 fully saturated rings. The van der Waals surface area contributed by atoms with E-state index in [1.165, 1.54) is 18.2 Å². The number of carbonyl (C=O) groups is 1. The van der Waals surface area contributed by atoms with E-state index >= 15 is 0 Å². The van der Waals surface area contributed by atoms with Gasteiger partial charge in [0.25, 0.3) is 0 Å². The van der Waals surface area contributed by atoms with Gasteiger partial charge in [-0.3, -0.25) is 0 Å². The summed E-state index contributed by atoms with van der Waals surface area (Å²) in [5, 5.41) is 17.6. The van der Waals surface area contributed by atoms with Crippen LogP contribution in [0, 0.1) is 0 Å². The van der Waals surface area contributed by atoms with Crippen LogP contribution < -0.4 is 0 Å². The fraction of sp³-hybridized carbons (Fsp3) is 0. The zero-order chi connectivity index (χ0) is 9.14. The van der Waals surface area contributed by atoms with Crippen LogP contribution in [-0.2, 0) is 0 Å². The van der Waals surface area contributed by atoms with Crippen LogP contribution in [0.4, 0.5) is 0 Å². The van der Waals surface area contributed by atoms with E-state index in [0.29, 0.717) is 5.69 Å². The number of aromatic hydroxyl groups is 1. The Balaban J connectivity index is 3.25. The molecule has 0 aliphatic rings. The predicted octanol–water partition coefficient (Wildman–Crippen LogP) is 1.13. The van der Waals surface area contributed by atoms with E-state index in [-0.39, 0.29) is 11.4 Å². The summed E-state index contributed by atoms with van der Waals surface area (Å²) in [5.74, 6) is -1.59. The molecule has 1 heterocycles. The fourth-order valence-electron chi connectivity index (χ4n) is 0.738. The van der Waals surface area contributed by atoms with E-state index in [1.807, 2.05) is 0 Å². The van der Waals surface area contributed by atoms with Crippen molar-refractivity contribution in [1.29, 1.82) is 0 Å². The smallest absolute Gasteiger partial charge is 0.358 e. The Morgan fingerprint density at radius 1 is 1.58 bits per heavy atom. The standard InChI is InChI=1S/C8H7NO3/c1-2-5-3-4-6(10)7(9-5)8(11)12/h2-4,10H,1H2,(H,11,12). The van der Waals surface area contributed by atoms with Gasteiger partial charge < -0.3 is 10.2 Å². The van der Waals surface area contributed by atoms with E-state index < -0.39 is 5.97 Å². The van der Waals surface area contributed by atoms with E-state index in [4.69, 9.17) is 10.2 Å². The normalized spacial score (nSPS) is 9.33. The molecule has 1 rings (SSSR count). The Kier molecular flexibility index (Phi) is 2.09. The van der Waals surface area contributed by atoms with Crippen molar-refractivity contribution in [3.63, 3.8) is 0 Å². The zero-order valence-electron chi connectivity index (χ0n) is 6.19. The number of rotatable bonds is 2. The second kappa shape index (κ2) is 3.04. The summed E-state index contributed by atoms with van der Waals surface area (Å²) in [7, 11) is 0. The maximum atomic E-state index is 10.4. The van der Waals surface area contributed by atoms with Crippen LogP contribution in [0.1, 0.15) is 16.2 Å². The van der Waals surface area contributed by atoms with Crippen molar-refractivity contribution in [3.05, 3.63) is 30.1 Å². The number of hydrogen-bond acceptors (Lipinski definition) is 3. The molecule has 0 aromatic carbocycles. The lowest BCUT2D eigenvalue weighted by Crippen LogP contribution is -2.01. The Morgan fingerprint density at radius 3 is 2.75 bits per heavy atom. The van der Waals surface area contributed by atoms with Crippen LogP contribution in [0.15, 0.2) is 18.7 Å². The van der Waals surface area contributed by atoms with Gasteiger partial charge in [-0.15, -0.1) is 0 Å².